The van der Waals surface area contributed by atoms with Gasteiger partial charge in [0.25, 0.3) is 0 Å². The molecule has 0 saturated carbocycles. The first-order chi connectivity index (χ1) is 6.24. The van der Waals surface area contributed by atoms with Crippen LogP contribution in [0.2, 0.25) is 0 Å². The van der Waals surface area contributed by atoms with E-state index in [0.29, 0.717) is 5.89 Å². The minimum Gasteiger partial charge on any atom is -0.476 e. The average molecular weight is 183 g/mol. The van der Waals surface area contributed by atoms with Crippen molar-refractivity contribution >= 4 is 5.97 Å². The van der Waals surface area contributed by atoms with Gasteiger partial charge in [-0.25, -0.2) is 9.78 Å². The van der Waals surface area contributed by atoms with Crippen LogP contribution in [0.3, 0.4) is 0 Å². The van der Waals surface area contributed by atoms with Gasteiger partial charge in [0.15, 0.2) is 11.6 Å². The summed E-state index contributed by atoms with van der Waals surface area (Å²) >= 11 is 0. The molecular weight excluding hydrogens is 170 g/mol. The highest BCUT2D eigenvalue weighted by atomic mass is 16.4. The summed E-state index contributed by atoms with van der Waals surface area (Å²) in [7, 11) is 0. The van der Waals surface area contributed by atoms with Crippen LogP contribution in [0.4, 0.5) is 0 Å². The molecule has 0 atom stereocenters. The molecule has 0 saturated heterocycles. The van der Waals surface area contributed by atoms with E-state index in [0.717, 1.165) is 25.7 Å². The Balaban J connectivity index is 2.44. The van der Waals surface area contributed by atoms with Crippen molar-refractivity contribution in [3.05, 3.63) is 17.8 Å². The van der Waals surface area contributed by atoms with Gasteiger partial charge in [-0.15, -0.1) is 0 Å². The van der Waals surface area contributed by atoms with E-state index in [9.17, 15) is 4.79 Å². The summed E-state index contributed by atoms with van der Waals surface area (Å²) in [6.07, 6.45) is 5.15. The third-order valence-electron chi connectivity index (χ3n) is 1.77. The van der Waals surface area contributed by atoms with Gasteiger partial charge in [-0.2, -0.15) is 0 Å². The van der Waals surface area contributed by atoms with E-state index in [-0.39, 0.29) is 5.69 Å². The van der Waals surface area contributed by atoms with Crippen molar-refractivity contribution in [1.29, 1.82) is 0 Å². The minimum atomic E-state index is -1.04. The van der Waals surface area contributed by atoms with Crippen LogP contribution >= 0.6 is 0 Å². The molecule has 0 aliphatic rings. The van der Waals surface area contributed by atoms with Crippen molar-refractivity contribution in [2.24, 2.45) is 0 Å². The summed E-state index contributed by atoms with van der Waals surface area (Å²) in [5.41, 5.74) is -0.00787. The van der Waals surface area contributed by atoms with Gasteiger partial charge in [0, 0.05) is 6.42 Å². The van der Waals surface area contributed by atoms with Crippen LogP contribution in [-0.4, -0.2) is 16.1 Å². The number of carbonyl (C=O) groups is 1. The number of aromatic carboxylic acids is 1. The zero-order chi connectivity index (χ0) is 9.68. The van der Waals surface area contributed by atoms with E-state index in [4.69, 9.17) is 9.52 Å². The largest absolute Gasteiger partial charge is 0.476 e. The number of hydrogen-bond acceptors (Lipinski definition) is 3. The maximum absolute atomic E-state index is 10.4. The van der Waals surface area contributed by atoms with Crippen molar-refractivity contribution < 1.29 is 14.3 Å². The van der Waals surface area contributed by atoms with E-state index in [2.05, 4.69) is 11.9 Å². The molecule has 1 heterocycles. The topological polar surface area (TPSA) is 63.3 Å². The molecule has 1 aromatic heterocycles. The summed E-state index contributed by atoms with van der Waals surface area (Å²) in [5, 5.41) is 8.55. The molecular formula is C9H13NO3. The molecule has 0 aliphatic heterocycles. The fraction of sp³-hybridized carbons (Fsp3) is 0.556. The van der Waals surface area contributed by atoms with Gasteiger partial charge in [0.1, 0.15) is 6.26 Å². The molecule has 0 radical (unpaired) electrons. The number of unbranched alkanes of at least 4 members (excludes halogenated alkanes) is 2. The smallest absolute Gasteiger partial charge is 0.357 e. The standard InChI is InChI=1S/C9H13NO3/c1-2-3-4-5-8-10-7(6-13-8)9(11)12/h6H,2-5H2,1H3,(H,11,12). The van der Waals surface area contributed by atoms with Gasteiger partial charge in [-0.3, -0.25) is 0 Å². The lowest BCUT2D eigenvalue weighted by Crippen LogP contribution is -1.96. The number of aromatic nitrogens is 1. The van der Waals surface area contributed by atoms with Crippen LogP contribution in [-0.2, 0) is 6.42 Å². The van der Waals surface area contributed by atoms with Gasteiger partial charge >= 0.3 is 5.97 Å². The highest BCUT2D eigenvalue weighted by Gasteiger charge is 2.09. The Morgan fingerprint density at radius 2 is 2.38 bits per heavy atom. The Morgan fingerprint density at radius 3 is 2.92 bits per heavy atom. The second-order valence-corrected chi connectivity index (χ2v) is 2.89. The van der Waals surface area contributed by atoms with E-state index in [1.165, 1.54) is 6.26 Å². The lowest BCUT2D eigenvalue weighted by atomic mass is 10.2. The number of nitrogens with zero attached hydrogens (tertiary/aromatic N) is 1. The number of hydrogen-bond donors (Lipinski definition) is 1. The summed E-state index contributed by atoms with van der Waals surface area (Å²) < 4.78 is 4.98. The van der Waals surface area contributed by atoms with Crippen molar-refractivity contribution in [2.45, 2.75) is 32.6 Å². The van der Waals surface area contributed by atoms with Crippen molar-refractivity contribution in [3.8, 4) is 0 Å². The lowest BCUT2D eigenvalue weighted by Gasteiger charge is -1.92. The van der Waals surface area contributed by atoms with Crippen molar-refractivity contribution in [2.75, 3.05) is 0 Å². The van der Waals surface area contributed by atoms with Crippen molar-refractivity contribution in [3.63, 3.8) is 0 Å². The van der Waals surface area contributed by atoms with Crippen molar-refractivity contribution in [1.82, 2.24) is 4.98 Å². The molecule has 0 bridgehead atoms. The molecule has 0 aromatic carbocycles. The number of oxazole rings is 1. The SMILES string of the molecule is CCCCCc1nc(C(=O)O)co1. The van der Waals surface area contributed by atoms with Gasteiger partial charge in [-0.1, -0.05) is 19.8 Å². The highest BCUT2D eigenvalue weighted by Crippen LogP contribution is 2.06. The molecule has 0 amide bonds. The van der Waals surface area contributed by atoms with E-state index < -0.39 is 5.97 Å². The number of rotatable bonds is 5. The highest BCUT2D eigenvalue weighted by molar-refractivity contribution is 5.84. The third-order valence-corrected chi connectivity index (χ3v) is 1.77. The predicted molar refractivity (Wildman–Crippen MR) is 46.7 cm³/mol. The average Bonchev–Trinajstić information content (AvgIpc) is 2.53. The molecule has 4 nitrogen and oxygen atoms in total. The Bertz CT molecular complexity index is 280. The Kier molecular flexibility index (Phi) is 3.49. The molecule has 1 N–H and O–H groups in total. The van der Waals surface area contributed by atoms with Gasteiger partial charge in [-0.05, 0) is 6.42 Å². The van der Waals surface area contributed by atoms with Crippen LogP contribution in [0, 0.1) is 0 Å². The molecule has 13 heavy (non-hydrogen) atoms. The zero-order valence-electron chi connectivity index (χ0n) is 7.62. The molecule has 1 aromatic rings. The van der Waals surface area contributed by atoms with Crippen LogP contribution in [0.5, 0.6) is 0 Å². The first kappa shape index (κ1) is 9.77. The molecule has 4 heteroatoms. The fourth-order valence-electron chi connectivity index (χ4n) is 1.05. The molecule has 0 unspecified atom stereocenters. The van der Waals surface area contributed by atoms with Crippen LogP contribution in [0.1, 0.15) is 42.6 Å². The second-order valence-electron chi connectivity index (χ2n) is 2.89. The number of aryl methyl sites for hydroxylation is 1. The summed E-state index contributed by atoms with van der Waals surface area (Å²) in [6.45, 7) is 2.11. The molecule has 0 fully saturated rings. The van der Waals surface area contributed by atoms with Crippen LogP contribution < -0.4 is 0 Å². The van der Waals surface area contributed by atoms with E-state index >= 15 is 0 Å². The van der Waals surface area contributed by atoms with Crippen LogP contribution in [0.25, 0.3) is 0 Å². The summed E-state index contributed by atoms with van der Waals surface area (Å²) in [5.74, 6) is -0.517. The predicted octanol–water partition coefficient (Wildman–Crippen LogP) is 2.11. The molecule has 72 valence electrons. The van der Waals surface area contributed by atoms with E-state index in [1.807, 2.05) is 0 Å². The molecule has 1 rings (SSSR count). The fourth-order valence-corrected chi connectivity index (χ4v) is 1.05. The quantitative estimate of drug-likeness (QED) is 0.710. The first-order valence-corrected chi connectivity index (χ1v) is 4.41. The van der Waals surface area contributed by atoms with Gasteiger partial charge < -0.3 is 9.52 Å². The minimum absolute atomic E-state index is 0.00787. The normalized spacial score (nSPS) is 10.2. The Labute approximate surface area is 76.6 Å². The maximum Gasteiger partial charge on any atom is 0.357 e. The van der Waals surface area contributed by atoms with Gasteiger partial charge in [0.05, 0.1) is 0 Å². The Hall–Kier alpha value is -1.32. The second kappa shape index (κ2) is 4.64. The lowest BCUT2D eigenvalue weighted by molar-refractivity contribution is 0.0690. The summed E-state index contributed by atoms with van der Waals surface area (Å²) in [6, 6.07) is 0. The first-order valence-electron chi connectivity index (χ1n) is 4.41. The maximum atomic E-state index is 10.4. The van der Waals surface area contributed by atoms with E-state index in [1.54, 1.807) is 0 Å². The van der Waals surface area contributed by atoms with Crippen LogP contribution in [0.15, 0.2) is 10.7 Å². The molecule has 0 spiro atoms. The van der Waals surface area contributed by atoms with Gasteiger partial charge in [0.2, 0.25) is 0 Å². The Morgan fingerprint density at radius 1 is 1.62 bits per heavy atom. The summed E-state index contributed by atoms with van der Waals surface area (Å²) in [4.78, 5) is 14.2. The number of carboxylic acid groups (broad SMARTS) is 1. The molecule has 0 aliphatic carbocycles. The number of carboxylic acids is 1. The zero-order valence-corrected chi connectivity index (χ0v) is 7.62. The third kappa shape index (κ3) is 2.89. The monoisotopic (exact) mass is 183 g/mol.